The molecule has 3 N–H and O–H groups in total. The average molecular weight is 664 g/mol. The fourth-order valence-electron chi connectivity index (χ4n) is 6.22. The number of rotatable bonds is 10. The van der Waals surface area contributed by atoms with Gasteiger partial charge in [0.1, 0.15) is 11.5 Å². The number of nitrogens with one attached hydrogen (secondary N) is 2. The third-order valence-corrected chi connectivity index (χ3v) is 9.66. The number of alkyl halides is 3. The lowest BCUT2D eigenvalue weighted by atomic mass is 9.85. The smallest absolute Gasteiger partial charge is 0.507 e. The molecule has 0 fully saturated rings. The molecule has 47 heavy (non-hydrogen) atoms. The molecule has 0 amide bonds. The first-order chi connectivity index (χ1) is 22.4. The third-order valence-electron chi connectivity index (χ3n) is 8.31. The number of aryl methyl sites for hydroxylation is 1. The van der Waals surface area contributed by atoms with Gasteiger partial charge in [0, 0.05) is 35.6 Å². The van der Waals surface area contributed by atoms with Crippen LogP contribution >= 0.6 is 0 Å². The van der Waals surface area contributed by atoms with Crippen LogP contribution < -0.4 is 15.0 Å². The highest BCUT2D eigenvalue weighted by Gasteiger charge is 2.33. The number of para-hydroxylation sites is 2. The molecule has 0 bridgehead atoms. The second-order valence-corrected chi connectivity index (χ2v) is 13.2. The highest BCUT2D eigenvalue weighted by atomic mass is 32.2. The molecule has 6 rings (SSSR count). The van der Waals surface area contributed by atoms with E-state index < -0.39 is 33.6 Å². The number of ether oxygens (including phenoxy) is 1. The molecule has 0 radical (unpaired) electrons. The first-order valence-corrected chi connectivity index (χ1v) is 16.7. The normalized spacial score (nSPS) is 14.4. The Morgan fingerprint density at radius 3 is 2.40 bits per heavy atom. The summed E-state index contributed by atoms with van der Waals surface area (Å²) in [4.78, 5) is 17.4. The van der Waals surface area contributed by atoms with Crippen molar-refractivity contribution < 1.29 is 31.4 Å². The second kappa shape index (κ2) is 12.8. The molecule has 0 aliphatic heterocycles. The van der Waals surface area contributed by atoms with Crippen molar-refractivity contribution in [1.82, 2.24) is 14.3 Å². The van der Waals surface area contributed by atoms with Crippen LogP contribution in [0.4, 0.5) is 13.2 Å². The van der Waals surface area contributed by atoms with E-state index in [9.17, 15) is 31.5 Å². The van der Waals surface area contributed by atoms with Gasteiger partial charge in [-0.15, -0.1) is 13.2 Å². The highest BCUT2D eigenvalue weighted by Crippen LogP contribution is 2.41. The number of pyridine rings is 1. The van der Waals surface area contributed by atoms with Gasteiger partial charge < -0.3 is 19.4 Å². The van der Waals surface area contributed by atoms with Gasteiger partial charge in [0.25, 0.3) is 5.56 Å². The summed E-state index contributed by atoms with van der Waals surface area (Å²) in [5.41, 5.74) is 3.04. The number of aromatic nitrogens is 2. The Balaban J connectivity index is 1.47. The van der Waals surface area contributed by atoms with Crippen molar-refractivity contribution in [3.63, 3.8) is 0 Å². The van der Waals surface area contributed by atoms with Crippen LogP contribution in [-0.2, 0) is 23.5 Å². The van der Waals surface area contributed by atoms with Gasteiger partial charge >= 0.3 is 6.36 Å². The number of benzene rings is 3. The van der Waals surface area contributed by atoms with Crippen molar-refractivity contribution in [2.75, 3.05) is 12.3 Å². The van der Waals surface area contributed by atoms with Gasteiger partial charge in [-0.1, -0.05) is 60.7 Å². The molecule has 1 aliphatic rings. The number of H-pyrrole nitrogens is 1. The van der Waals surface area contributed by atoms with Gasteiger partial charge in [-0.25, -0.2) is 13.1 Å². The Morgan fingerprint density at radius 2 is 1.70 bits per heavy atom. The Labute approximate surface area is 268 Å². The first-order valence-electron chi connectivity index (χ1n) is 15.0. The molecule has 1 aliphatic carbocycles. The predicted octanol–water partition coefficient (Wildman–Crippen LogP) is 6.54. The fourth-order valence-corrected chi connectivity index (χ4v) is 7.38. The number of allylic oxidation sites excluding steroid dienone is 3. The number of aromatic amines is 1. The van der Waals surface area contributed by atoms with E-state index in [1.165, 1.54) is 16.7 Å². The Kier molecular flexibility index (Phi) is 8.73. The summed E-state index contributed by atoms with van der Waals surface area (Å²) >= 11 is 0. The lowest BCUT2D eigenvalue weighted by Crippen LogP contribution is -2.29. The predicted molar refractivity (Wildman–Crippen MR) is 175 cm³/mol. The molecular weight excluding hydrogens is 631 g/mol. The van der Waals surface area contributed by atoms with Gasteiger partial charge in [-0.3, -0.25) is 4.79 Å². The van der Waals surface area contributed by atoms with E-state index in [0.29, 0.717) is 33.2 Å². The second-order valence-electron chi connectivity index (χ2n) is 11.4. The van der Waals surface area contributed by atoms with Crippen LogP contribution in [0.25, 0.3) is 21.8 Å². The number of nitrogens with zero attached hydrogens (tertiary/aromatic N) is 1. The molecular formula is C35H32F3N3O5S. The van der Waals surface area contributed by atoms with E-state index in [2.05, 4.69) is 14.4 Å². The maximum atomic E-state index is 14.0. The maximum absolute atomic E-state index is 14.0. The number of fused-ring (bicyclic) bond motifs is 2. The molecule has 1 atom stereocenters. The van der Waals surface area contributed by atoms with E-state index >= 15 is 0 Å². The largest absolute Gasteiger partial charge is 0.573 e. The van der Waals surface area contributed by atoms with Crippen LogP contribution in [0.15, 0.2) is 101 Å². The van der Waals surface area contributed by atoms with Crippen molar-refractivity contribution in [2.45, 2.75) is 31.5 Å². The molecule has 0 saturated heterocycles. The van der Waals surface area contributed by atoms with Crippen LogP contribution in [0.2, 0.25) is 0 Å². The van der Waals surface area contributed by atoms with Gasteiger partial charge in [0.05, 0.1) is 22.8 Å². The summed E-state index contributed by atoms with van der Waals surface area (Å²) in [5, 5.41) is 12.9. The topological polar surface area (TPSA) is 113 Å². The Morgan fingerprint density at radius 1 is 1.00 bits per heavy atom. The lowest BCUT2D eigenvalue weighted by molar-refractivity contribution is -0.274. The quantitative estimate of drug-likeness (QED) is 0.157. The van der Waals surface area contributed by atoms with Gasteiger partial charge in [-0.05, 0) is 66.3 Å². The molecule has 2 heterocycles. The number of hydrogen-bond acceptors (Lipinski definition) is 5. The average Bonchev–Trinajstić information content (AvgIpc) is 3.40. The van der Waals surface area contributed by atoms with Gasteiger partial charge in [0.15, 0.2) is 0 Å². The van der Waals surface area contributed by atoms with Crippen LogP contribution in [-0.4, -0.2) is 41.7 Å². The Bertz CT molecular complexity index is 2180. The zero-order valence-corrected chi connectivity index (χ0v) is 26.2. The standard InChI is InChI=1S/C35H32F3N3O5S/c1-41-29-14-8-6-12-27(29)33(42)31(34(41)43)30(23-15-17-24(18-16-23)46-35(36,37)38)32-26(25-11-5-7-13-28(25)40-32)19-20-39-47(44,45)21-22-9-3-2-4-10-22/h3,5-18,30,39-40,42H,2,4,19-21H2,1H3. The molecule has 5 aromatic rings. The molecule has 0 spiro atoms. The van der Waals surface area contributed by atoms with Crippen molar-refractivity contribution in [1.29, 1.82) is 0 Å². The minimum absolute atomic E-state index is 0.0140. The van der Waals surface area contributed by atoms with E-state index in [1.54, 1.807) is 31.3 Å². The van der Waals surface area contributed by atoms with Crippen molar-refractivity contribution >= 4 is 31.8 Å². The van der Waals surface area contributed by atoms with Crippen molar-refractivity contribution in [2.24, 2.45) is 7.05 Å². The van der Waals surface area contributed by atoms with Gasteiger partial charge in [0.2, 0.25) is 10.0 Å². The number of hydrogen-bond donors (Lipinski definition) is 3. The van der Waals surface area contributed by atoms with Crippen LogP contribution in [0, 0.1) is 0 Å². The van der Waals surface area contributed by atoms with E-state index in [0.717, 1.165) is 35.9 Å². The minimum atomic E-state index is -4.89. The summed E-state index contributed by atoms with van der Waals surface area (Å²) in [5.74, 6) is -1.83. The highest BCUT2D eigenvalue weighted by molar-refractivity contribution is 7.89. The molecule has 244 valence electrons. The summed E-state index contributed by atoms with van der Waals surface area (Å²) in [6.45, 7) is 0.0426. The molecule has 8 nitrogen and oxygen atoms in total. The van der Waals surface area contributed by atoms with E-state index in [4.69, 9.17) is 0 Å². The summed E-state index contributed by atoms with van der Waals surface area (Å²) in [6, 6.07) is 19.4. The van der Waals surface area contributed by atoms with E-state index in [1.807, 2.05) is 42.5 Å². The summed E-state index contributed by atoms with van der Waals surface area (Å²) < 4.78 is 73.1. The lowest BCUT2D eigenvalue weighted by Gasteiger charge is -2.22. The molecule has 12 heteroatoms. The molecule has 2 aromatic heterocycles. The summed E-state index contributed by atoms with van der Waals surface area (Å²) in [7, 11) is -2.08. The minimum Gasteiger partial charge on any atom is -0.507 e. The monoisotopic (exact) mass is 663 g/mol. The fraction of sp³-hybridized carbons (Fsp3) is 0.229. The van der Waals surface area contributed by atoms with Crippen LogP contribution in [0.5, 0.6) is 11.5 Å². The number of aromatic hydroxyl groups is 1. The zero-order valence-electron chi connectivity index (χ0n) is 25.3. The zero-order chi connectivity index (χ0) is 33.3. The number of sulfonamides is 1. The SMILES string of the molecule is Cn1c(=O)c(C(c2ccc(OC(F)(F)F)cc2)c2[nH]c3ccccc3c2CCNS(=O)(=O)CC2=CCCC=C2)c(O)c2ccccc21. The summed E-state index contributed by atoms with van der Waals surface area (Å²) in [6.07, 6.45) is 2.64. The van der Waals surface area contributed by atoms with Crippen LogP contribution in [0.1, 0.15) is 41.1 Å². The molecule has 0 saturated carbocycles. The van der Waals surface area contributed by atoms with Crippen LogP contribution in [0.3, 0.4) is 0 Å². The number of halogens is 3. The first kappa shape index (κ1) is 32.1. The van der Waals surface area contributed by atoms with Crippen molar-refractivity contribution in [3.8, 4) is 11.5 Å². The van der Waals surface area contributed by atoms with E-state index in [-0.39, 0.29) is 30.0 Å². The Hall–Kier alpha value is -4.81. The maximum Gasteiger partial charge on any atom is 0.573 e. The molecule has 3 aromatic carbocycles. The van der Waals surface area contributed by atoms with Gasteiger partial charge in [-0.2, -0.15) is 0 Å². The third kappa shape index (κ3) is 6.84. The molecule has 1 unspecified atom stereocenters. The van der Waals surface area contributed by atoms with Crippen molar-refractivity contribution in [3.05, 3.63) is 129 Å².